The molecule has 6 nitrogen and oxygen atoms in total. The number of carbonyl (C=O) groups excluding carboxylic acids is 1. The molecule has 30 heavy (non-hydrogen) atoms. The average molecular weight is 420 g/mol. The second-order valence-corrected chi connectivity index (χ2v) is 8.58. The van der Waals surface area contributed by atoms with Crippen molar-refractivity contribution in [2.45, 2.75) is 46.7 Å². The maximum Gasteiger partial charge on any atom is 0.280 e. The summed E-state index contributed by atoms with van der Waals surface area (Å²) in [5.41, 5.74) is 4.49. The van der Waals surface area contributed by atoms with E-state index in [0.717, 1.165) is 27.9 Å². The fraction of sp³-hybridized carbons (Fsp3) is 0.304. The molecule has 0 bridgehead atoms. The minimum atomic E-state index is -0.154. The number of para-hydroxylation sites is 1. The van der Waals surface area contributed by atoms with E-state index in [1.165, 1.54) is 16.9 Å². The van der Waals surface area contributed by atoms with E-state index in [2.05, 4.69) is 43.0 Å². The van der Waals surface area contributed by atoms with Crippen LogP contribution in [-0.2, 0) is 13.0 Å². The van der Waals surface area contributed by atoms with Gasteiger partial charge in [-0.25, -0.2) is 4.98 Å². The molecule has 0 aliphatic heterocycles. The number of nitrogens with zero attached hydrogens (tertiary/aromatic N) is 5. The van der Waals surface area contributed by atoms with Crippen molar-refractivity contribution >= 4 is 32.6 Å². The van der Waals surface area contributed by atoms with Gasteiger partial charge in [0.1, 0.15) is 0 Å². The predicted octanol–water partition coefficient (Wildman–Crippen LogP) is 5.19. The largest absolute Gasteiger partial charge is 0.280 e. The zero-order valence-electron chi connectivity index (χ0n) is 17.7. The third-order valence-electron chi connectivity index (χ3n) is 5.04. The molecule has 0 saturated carbocycles. The first-order valence-electron chi connectivity index (χ1n) is 10.1. The van der Waals surface area contributed by atoms with E-state index in [-0.39, 0.29) is 11.9 Å². The van der Waals surface area contributed by atoms with Crippen molar-refractivity contribution < 1.29 is 4.79 Å². The molecule has 0 aliphatic carbocycles. The van der Waals surface area contributed by atoms with Crippen molar-refractivity contribution in [3.05, 3.63) is 71.3 Å². The van der Waals surface area contributed by atoms with Gasteiger partial charge >= 0.3 is 0 Å². The third kappa shape index (κ3) is 3.85. The van der Waals surface area contributed by atoms with Crippen LogP contribution in [-0.4, -0.2) is 25.7 Å². The van der Waals surface area contributed by atoms with E-state index in [1.807, 2.05) is 35.9 Å². The molecule has 0 unspecified atom stereocenters. The minimum Gasteiger partial charge on any atom is -0.278 e. The molecule has 0 N–H and O–H groups in total. The maximum absolute atomic E-state index is 13.6. The number of amides is 1. The zero-order chi connectivity index (χ0) is 21.3. The maximum atomic E-state index is 13.6. The van der Waals surface area contributed by atoms with Gasteiger partial charge in [-0.05, 0) is 56.5 Å². The van der Waals surface area contributed by atoms with Crippen LogP contribution in [0.2, 0.25) is 0 Å². The third-order valence-corrected chi connectivity index (χ3v) is 6.09. The summed E-state index contributed by atoms with van der Waals surface area (Å²) in [7, 11) is 0. The van der Waals surface area contributed by atoms with Gasteiger partial charge in [-0.2, -0.15) is 5.10 Å². The lowest BCUT2D eigenvalue weighted by Gasteiger charge is -2.19. The van der Waals surface area contributed by atoms with Crippen molar-refractivity contribution in [3.63, 3.8) is 0 Å². The Morgan fingerprint density at radius 3 is 2.73 bits per heavy atom. The number of benzene rings is 1. The minimum absolute atomic E-state index is 0.154. The van der Waals surface area contributed by atoms with Crippen LogP contribution in [0.25, 0.3) is 10.2 Å². The summed E-state index contributed by atoms with van der Waals surface area (Å²) in [4.78, 5) is 24.3. The highest BCUT2D eigenvalue weighted by molar-refractivity contribution is 7.22. The van der Waals surface area contributed by atoms with Crippen molar-refractivity contribution in [3.8, 4) is 0 Å². The second-order valence-electron chi connectivity index (χ2n) is 7.58. The molecule has 0 atom stereocenters. The van der Waals surface area contributed by atoms with Gasteiger partial charge < -0.3 is 0 Å². The number of thiazole rings is 1. The number of pyridine rings is 1. The molecule has 7 heteroatoms. The Morgan fingerprint density at radius 1 is 1.23 bits per heavy atom. The molecule has 3 heterocycles. The van der Waals surface area contributed by atoms with Crippen LogP contribution in [0, 0.1) is 6.92 Å². The van der Waals surface area contributed by atoms with Crippen LogP contribution >= 0.6 is 11.3 Å². The Hall–Kier alpha value is -3.06. The number of hydrogen-bond donors (Lipinski definition) is 0. The lowest BCUT2D eigenvalue weighted by atomic mass is 10.1. The molecule has 4 rings (SSSR count). The molecule has 0 saturated heterocycles. The highest BCUT2D eigenvalue weighted by Crippen LogP contribution is 2.32. The molecule has 0 fully saturated rings. The van der Waals surface area contributed by atoms with Crippen molar-refractivity contribution in [2.24, 2.45) is 0 Å². The first kappa shape index (κ1) is 20.2. The Bertz CT molecular complexity index is 1180. The van der Waals surface area contributed by atoms with E-state index in [4.69, 9.17) is 4.98 Å². The molecule has 0 spiro atoms. The van der Waals surface area contributed by atoms with Gasteiger partial charge in [0.2, 0.25) is 0 Å². The second kappa shape index (κ2) is 8.36. The smallest absolute Gasteiger partial charge is 0.278 e. The molecule has 4 aromatic rings. The van der Waals surface area contributed by atoms with Gasteiger partial charge in [0.25, 0.3) is 5.91 Å². The van der Waals surface area contributed by atoms with Crippen LogP contribution in [0.5, 0.6) is 0 Å². The average Bonchev–Trinajstić information content (AvgIpc) is 3.35. The fourth-order valence-electron chi connectivity index (χ4n) is 3.55. The summed E-state index contributed by atoms with van der Waals surface area (Å²) in [6.07, 6.45) is 4.41. The lowest BCUT2D eigenvalue weighted by molar-refractivity contribution is 0.0979. The number of anilines is 1. The Kier molecular flexibility index (Phi) is 5.63. The van der Waals surface area contributed by atoms with Crippen LogP contribution in [0.1, 0.15) is 54.1 Å². The topological polar surface area (TPSA) is 63.9 Å². The van der Waals surface area contributed by atoms with E-state index < -0.39 is 0 Å². The molecule has 1 aromatic carbocycles. The first-order chi connectivity index (χ1) is 14.5. The number of hydrogen-bond acceptors (Lipinski definition) is 5. The van der Waals surface area contributed by atoms with Crippen LogP contribution in [0.15, 0.2) is 48.8 Å². The van der Waals surface area contributed by atoms with Gasteiger partial charge in [-0.15, -0.1) is 0 Å². The summed E-state index contributed by atoms with van der Waals surface area (Å²) >= 11 is 1.53. The van der Waals surface area contributed by atoms with Crippen LogP contribution in [0.4, 0.5) is 5.13 Å². The summed E-state index contributed by atoms with van der Waals surface area (Å²) in [6.45, 7) is 8.60. The predicted molar refractivity (Wildman–Crippen MR) is 121 cm³/mol. The normalized spacial score (nSPS) is 11.4. The Labute approximate surface area is 180 Å². The SMILES string of the molecule is CCc1cccc2sc(N(Cc3cccnc3)C(=O)c3cc(C)n(C(C)C)n3)nc12. The molecule has 1 amide bonds. The highest BCUT2D eigenvalue weighted by atomic mass is 32.1. The van der Waals surface area contributed by atoms with Gasteiger partial charge in [-0.3, -0.25) is 19.4 Å². The van der Waals surface area contributed by atoms with Crippen LogP contribution < -0.4 is 4.90 Å². The fourth-order valence-corrected chi connectivity index (χ4v) is 4.56. The summed E-state index contributed by atoms with van der Waals surface area (Å²) in [6, 6.07) is 12.1. The Morgan fingerprint density at radius 2 is 2.07 bits per heavy atom. The van der Waals surface area contributed by atoms with Gasteiger partial charge in [0, 0.05) is 24.1 Å². The molecule has 3 aromatic heterocycles. The molecular weight excluding hydrogens is 394 g/mol. The number of rotatable bonds is 6. The van der Waals surface area contributed by atoms with E-state index in [9.17, 15) is 4.79 Å². The number of fused-ring (bicyclic) bond motifs is 1. The van der Waals surface area contributed by atoms with E-state index in [0.29, 0.717) is 17.4 Å². The molecule has 0 radical (unpaired) electrons. The Balaban J connectivity index is 1.78. The zero-order valence-corrected chi connectivity index (χ0v) is 18.5. The van der Waals surface area contributed by atoms with Crippen molar-refractivity contribution in [1.82, 2.24) is 19.7 Å². The highest BCUT2D eigenvalue weighted by Gasteiger charge is 2.25. The van der Waals surface area contributed by atoms with Gasteiger partial charge in [-0.1, -0.05) is 36.5 Å². The molecular formula is C23H25N5OS. The first-order valence-corrected chi connectivity index (χ1v) is 10.9. The summed E-state index contributed by atoms with van der Waals surface area (Å²) in [5, 5.41) is 5.25. The van der Waals surface area contributed by atoms with Gasteiger partial charge in [0.05, 0.1) is 16.8 Å². The van der Waals surface area contributed by atoms with Gasteiger partial charge in [0.15, 0.2) is 10.8 Å². The summed E-state index contributed by atoms with van der Waals surface area (Å²) in [5.74, 6) is -0.154. The van der Waals surface area contributed by atoms with Crippen molar-refractivity contribution in [1.29, 1.82) is 0 Å². The quantitative estimate of drug-likeness (QED) is 0.432. The molecule has 0 aliphatic rings. The van der Waals surface area contributed by atoms with Crippen molar-refractivity contribution in [2.75, 3.05) is 4.90 Å². The summed E-state index contributed by atoms with van der Waals surface area (Å²) < 4.78 is 2.96. The molecule has 154 valence electrons. The van der Waals surface area contributed by atoms with E-state index >= 15 is 0 Å². The van der Waals surface area contributed by atoms with Crippen LogP contribution in [0.3, 0.4) is 0 Å². The lowest BCUT2D eigenvalue weighted by Crippen LogP contribution is -2.31. The number of aromatic nitrogens is 4. The standard InChI is InChI=1S/C23H25N5OS/c1-5-18-9-6-10-20-21(18)25-23(30-20)27(14-17-8-7-11-24-13-17)22(29)19-12-16(4)28(26-19)15(2)3/h6-13,15H,5,14H2,1-4H3. The monoisotopic (exact) mass is 419 g/mol. The van der Waals surface area contributed by atoms with E-state index in [1.54, 1.807) is 17.3 Å². The number of carbonyl (C=O) groups is 1. The number of aryl methyl sites for hydroxylation is 2.